The van der Waals surface area contributed by atoms with Gasteiger partial charge in [0, 0.05) is 24.7 Å². The minimum Gasteiger partial charge on any atom is -0.317 e. The number of nitrogens with zero attached hydrogens (tertiary/aromatic N) is 3. The van der Waals surface area contributed by atoms with E-state index in [1.54, 1.807) is 6.92 Å². The van der Waals surface area contributed by atoms with Crippen LogP contribution in [0.4, 0.5) is 5.69 Å². The van der Waals surface area contributed by atoms with Gasteiger partial charge in [-0.15, -0.1) is 17.0 Å². The smallest absolute Gasteiger partial charge is 0.317 e. The van der Waals surface area contributed by atoms with E-state index in [-0.39, 0.29) is 44.6 Å². The first kappa shape index (κ1) is 19.6. The van der Waals surface area contributed by atoms with Crippen LogP contribution in [-0.4, -0.2) is 27.1 Å². The van der Waals surface area contributed by atoms with Crippen molar-refractivity contribution in [2.24, 2.45) is 0 Å². The molecule has 25 heavy (non-hydrogen) atoms. The number of aryl methyl sites for hydroxylation is 1. The molecule has 2 heterocycles. The lowest BCUT2D eigenvalue weighted by Crippen LogP contribution is -2.45. The number of nitro benzene ring substituents is 1. The molecule has 10 heteroatoms. The van der Waals surface area contributed by atoms with E-state index in [0.717, 1.165) is 13.1 Å². The number of piperidine rings is 1. The fourth-order valence-electron chi connectivity index (χ4n) is 3.25. The first-order valence-corrected chi connectivity index (χ1v) is 8.17. The number of fused-ring (bicyclic) bond motifs is 1. The topological polar surface area (TPSA) is 99.2 Å². The van der Waals surface area contributed by atoms with Crippen LogP contribution >= 0.6 is 28.6 Å². The van der Waals surface area contributed by atoms with Crippen molar-refractivity contribution in [3.8, 4) is 0 Å². The summed E-state index contributed by atoms with van der Waals surface area (Å²) in [5, 5.41) is 14.4. The minimum atomic E-state index is -0.596. The molecule has 0 amide bonds. The van der Waals surface area contributed by atoms with Gasteiger partial charge in [-0.3, -0.25) is 24.0 Å². The zero-order chi connectivity index (χ0) is 17.4. The molecule has 1 aliphatic rings. The first-order valence-electron chi connectivity index (χ1n) is 7.79. The van der Waals surface area contributed by atoms with E-state index < -0.39 is 16.2 Å². The highest BCUT2D eigenvalue weighted by Gasteiger charge is 2.24. The third kappa shape index (κ3) is 3.36. The average molecular weight is 434 g/mol. The van der Waals surface area contributed by atoms with Crippen LogP contribution in [0.25, 0.3) is 10.9 Å². The number of benzene rings is 1. The lowest BCUT2D eigenvalue weighted by atomic mass is 10.1. The summed E-state index contributed by atoms with van der Waals surface area (Å²) in [6, 6.07) is 2.16. The van der Waals surface area contributed by atoms with Crippen molar-refractivity contribution < 1.29 is 4.92 Å². The van der Waals surface area contributed by atoms with Gasteiger partial charge in [0.1, 0.15) is 0 Å². The molecule has 3 rings (SSSR count). The fraction of sp³-hybridized carbons (Fsp3) is 0.467. The number of hydrogen-bond donors (Lipinski definition) is 1. The standard InChI is InChI=1S/C15H17ClN4O4.BrH/c1-2-18-13-11(7-10(20(23)24)8-12(13)16)14(21)19(15(18)22)9-3-5-17-6-4-9;/h7-9,17H,2-6H2,1H3;1H. The van der Waals surface area contributed by atoms with Crippen LogP contribution in [0.5, 0.6) is 0 Å². The zero-order valence-electron chi connectivity index (χ0n) is 13.5. The average Bonchev–Trinajstić information content (AvgIpc) is 2.56. The maximum absolute atomic E-state index is 12.9. The van der Waals surface area contributed by atoms with Crippen molar-refractivity contribution in [2.75, 3.05) is 13.1 Å². The summed E-state index contributed by atoms with van der Waals surface area (Å²) in [7, 11) is 0. The summed E-state index contributed by atoms with van der Waals surface area (Å²) in [6.07, 6.45) is 1.32. The van der Waals surface area contributed by atoms with Gasteiger partial charge in [-0.05, 0) is 32.9 Å². The van der Waals surface area contributed by atoms with Crippen molar-refractivity contribution in [2.45, 2.75) is 32.4 Å². The second kappa shape index (κ2) is 7.67. The summed E-state index contributed by atoms with van der Waals surface area (Å²) < 4.78 is 2.64. The van der Waals surface area contributed by atoms with Gasteiger partial charge in [-0.25, -0.2) is 4.79 Å². The van der Waals surface area contributed by atoms with Crippen LogP contribution in [0.3, 0.4) is 0 Å². The molecule has 0 saturated carbocycles. The molecule has 1 N–H and O–H groups in total. The van der Waals surface area contributed by atoms with Crippen LogP contribution in [0.15, 0.2) is 21.7 Å². The van der Waals surface area contributed by atoms with E-state index in [1.165, 1.54) is 21.3 Å². The molecule has 0 aliphatic carbocycles. The Bertz CT molecular complexity index is 934. The number of aromatic nitrogens is 2. The molecule has 1 fully saturated rings. The summed E-state index contributed by atoms with van der Waals surface area (Å²) >= 11 is 6.15. The van der Waals surface area contributed by atoms with E-state index in [2.05, 4.69) is 5.32 Å². The van der Waals surface area contributed by atoms with Crippen molar-refractivity contribution in [1.82, 2.24) is 14.5 Å². The Morgan fingerprint density at radius 1 is 1.32 bits per heavy atom. The molecule has 0 bridgehead atoms. The van der Waals surface area contributed by atoms with Crippen LogP contribution in [0, 0.1) is 10.1 Å². The Morgan fingerprint density at radius 2 is 1.96 bits per heavy atom. The zero-order valence-corrected chi connectivity index (χ0v) is 16.0. The Kier molecular flexibility index (Phi) is 6.02. The maximum atomic E-state index is 12.9. The summed E-state index contributed by atoms with van der Waals surface area (Å²) in [4.78, 5) is 36.2. The largest absolute Gasteiger partial charge is 0.331 e. The predicted molar refractivity (Wildman–Crippen MR) is 101 cm³/mol. The molecule has 0 unspecified atom stereocenters. The third-order valence-corrected chi connectivity index (χ3v) is 4.69. The van der Waals surface area contributed by atoms with E-state index in [1.807, 2.05) is 0 Å². The summed E-state index contributed by atoms with van der Waals surface area (Å²) in [6.45, 7) is 3.53. The predicted octanol–water partition coefficient (Wildman–Crippen LogP) is 2.25. The van der Waals surface area contributed by atoms with Gasteiger partial charge in [0.15, 0.2) is 0 Å². The molecule has 8 nitrogen and oxygen atoms in total. The molecule has 1 aromatic carbocycles. The number of rotatable bonds is 3. The second-order valence-corrected chi connectivity index (χ2v) is 6.17. The molecule has 1 aromatic heterocycles. The highest BCUT2D eigenvalue weighted by Crippen LogP contribution is 2.27. The Balaban J connectivity index is 0.00000225. The van der Waals surface area contributed by atoms with Gasteiger partial charge < -0.3 is 5.32 Å². The maximum Gasteiger partial charge on any atom is 0.331 e. The van der Waals surface area contributed by atoms with Gasteiger partial charge in [0.25, 0.3) is 11.2 Å². The van der Waals surface area contributed by atoms with Crippen molar-refractivity contribution >= 4 is 45.2 Å². The molecule has 1 aliphatic heterocycles. The molecule has 0 spiro atoms. The molecule has 0 radical (unpaired) electrons. The molecule has 1 saturated heterocycles. The number of hydrogen-bond acceptors (Lipinski definition) is 5. The van der Waals surface area contributed by atoms with Crippen LogP contribution < -0.4 is 16.6 Å². The monoisotopic (exact) mass is 432 g/mol. The Hall–Kier alpha value is -1.71. The summed E-state index contributed by atoms with van der Waals surface area (Å²) in [5.41, 5.74) is -0.942. The number of nitrogens with one attached hydrogen (secondary N) is 1. The van der Waals surface area contributed by atoms with Crippen LogP contribution in [-0.2, 0) is 6.54 Å². The normalized spacial score (nSPS) is 15.1. The van der Waals surface area contributed by atoms with Gasteiger partial charge in [-0.2, -0.15) is 0 Å². The van der Waals surface area contributed by atoms with Crippen molar-refractivity contribution in [3.63, 3.8) is 0 Å². The second-order valence-electron chi connectivity index (χ2n) is 5.76. The first-order chi connectivity index (χ1) is 11.5. The van der Waals surface area contributed by atoms with Gasteiger partial charge in [0.2, 0.25) is 0 Å². The highest BCUT2D eigenvalue weighted by atomic mass is 79.9. The van der Waals surface area contributed by atoms with Gasteiger partial charge in [-0.1, -0.05) is 11.6 Å². The van der Waals surface area contributed by atoms with Crippen molar-refractivity contribution in [3.05, 3.63) is 48.1 Å². The van der Waals surface area contributed by atoms with Gasteiger partial charge in [0.05, 0.1) is 20.8 Å². The van der Waals surface area contributed by atoms with E-state index >= 15 is 0 Å². The number of non-ortho nitro benzene ring substituents is 1. The SMILES string of the molecule is Br.CCn1c(=O)n(C2CCNCC2)c(=O)c2cc([N+](=O)[O-])cc(Cl)c21. The molecule has 2 aromatic rings. The molecular formula is C15H18BrClN4O4. The van der Waals surface area contributed by atoms with E-state index in [0.29, 0.717) is 19.4 Å². The lowest BCUT2D eigenvalue weighted by molar-refractivity contribution is -0.384. The van der Waals surface area contributed by atoms with E-state index in [4.69, 9.17) is 11.6 Å². The van der Waals surface area contributed by atoms with Crippen molar-refractivity contribution in [1.29, 1.82) is 0 Å². The molecule has 0 atom stereocenters. The minimum absolute atomic E-state index is 0. The highest BCUT2D eigenvalue weighted by molar-refractivity contribution is 8.93. The van der Waals surface area contributed by atoms with Crippen LogP contribution in [0.2, 0.25) is 5.02 Å². The quantitative estimate of drug-likeness (QED) is 0.591. The van der Waals surface area contributed by atoms with E-state index in [9.17, 15) is 19.7 Å². The van der Waals surface area contributed by atoms with Crippen LogP contribution in [0.1, 0.15) is 25.8 Å². The molecular weight excluding hydrogens is 416 g/mol. The Labute approximate surface area is 158 Å². The summed E-state index contributed by atoms with van der Waals surface area (Å²) in [5.74, 6) is 0. The number of nitro groups is 1. The number of halogens is 2. The fourth-order valence-corrected chi connectivity index (χ4v) is 3.57. The third-order valence-electron chi connectivity index (χ3n) is 4.41. The Morgan fingerprint density at radius 3 is 2.52 bits per heavy atom. The lowest BCUT2D eigenvalue weighted by Gasteiger charge is -2.25. The van der Waals surface area contributed by atoms with Gasteiger partial charge >= 0.3 is 5.69 Å². The molecule has 136 valence electrons.